The number of nitrogens with zero attached hydrogens (tertiary/aromatic N) is 2. The predicted molar refractivity (Wildman–Crippen MR) is 116 cm³/mol. The molecule has 29 heavy (non-hydrogen) atoms. The van der Waals surface area contributed by atoms with Crippen molar-refractivity contribution in [1.29, 1.82) is 0 Å². The Balaban J connectivity index is 1.82. The molecule has 2 aromatic carbocycles. The zero-order valence-electron chi connectivity index (χ0n) is 16.4. The van der Waals surface area contributed by atoms with E-state index in [1.54, 1.807) is 30.3 Å². The molecule has 0 aliphatic carbocycles. The molecule has 0 aromatic heterocycles. The largest absolute Gasteiger partial charge is 0.494 e. The van der Waals surface area contributed by atoms with E-state index in [1.807, 2.05) is 18.7 Å². The van der Waals surface area contributed by atoms with E-state index >= 15 is 0 Å². The maximum absolute atomic E-state index is 13.3. The number of sulfonamides is 1. The van der Waals surface area contributed by atoms with Gasteiger partial charge >= 0.3 is 0 Å². The molecule has 0 bridgehead atoms. The van der Waals surface area contributed by atoms with E-state index in [-0.39, 0.29) is 4.90 Å². The molecular formula is C20H24Cl2N2O4S. The van der Waals surface area contributed by atoms with Crippen molar-refractivity contribution < 1.29 is 17.9 Å². The molecule has 1 fully saturated rings. The molecule has 2 aromatic rings. The van der Waals surface area contributed by atoms with Crippen LogP contribution in [0.5, 0.6) is 11.5 Å². The number of benzene rings is 2. The summed E-state index contributed by atoms with van der Waals surface area (Å²) in [7, 11) is -3.74. The molecule has 0 unspecified atom stereocenters. The van der Waals surface area contributed by atoms with Gasteiger partial charge in [-0.15, -0.1) is 0 Å². The lowest BCUT2D eigenvalue weighted by atomic mass is 10.2. The molecule has 0 amide bonds. The minimum Gasteiger partial charge on any atom is -0.494 e. The Kier molecular flexibility index (Phi) is 7.16. The summed E-state index contributed by atoms with van der Waals surface area (Å²) in [5.41, 5.74) is 0.810. The second-order valence-electron chi connectivity index (χ2n) is 6.46. The third kappa shape index (κ3) is 4.91. The predicted octanol–water partition coefficient (Wildman–Crippen LogP) is 4.30. The van der Waals surface area contributed by atoms with Crippen molar-refractivity contribution in [2.45, 2.75) is 18.7 Å². The first kappa shape index (κ1) is 22.0. The second-order valence-corrected chi connectivity index (χ2v) is 9.21. The van der Waals surface area contributed by atoms with Crippen molar-refractivity contribution in [3.8, 4) is 11.5 Å². The molecule has 3 rings (SSSR count). The lowest BCUT2D eigenvalue weighted by Crippen LogP contribution is -2.48. The number of hydrogen-bond acceptors (Lipinski definition) is 5. The van der Waals surface area contributed by atoms with Gasteiger partial charge in [-0.2, -0.15) is 4.31 Å². The molecule has 1 saturated heterocycles. The zero-order chi connectivity index (χ0) is 21.0. The van der Waals surface area contributed by atoms with Crippen LogP contribution in [0.15, 0.2) is 41.3 Å². The van der Waals surface area contributed by atoms with E-state index in [0.29, 0.717) is 60.9 Å². The van der Waals surface area contributed by atoms with Gasteiger partial charge in [-0.1, -0.05) is 23.2 Å². The van der Waals surface area contributed by atoms with Gasteiger partial charge in [0.15, 0.2) is 0 Å². The Bertz CT molecular complexity index is 961. The van der Waals surface area contributed by atoms with Gasteiger partial charge in [-0.05, 0) is 44.2 Å². The summed E-state index contributed by atoms with van der Waals surface area (Å²) in [4.78, 5) is 2.17. The average Bonchev–Trinajstić information content (AvgIpc) is 2.71. The highest BCUT2D eigenvalue weighted by Crippen LogP contribution is 2.33. The molecule has 9 heteroatoms. The Morgan fingerprint density at radius 2 is 1.62 bits per heavy atom. The van der Waals surface area contributed by atoms with E-state index in [1.165, 1.54) is 10.4 Å². The van der Waals surface area contributed by atoms with Crippen molar-refractivity contribution in [2.75, 3.05) is 44.3 Å². The molecule has 0 saturated carbocycles. The van der Waals surface area contributed by atoms with E-state index < -0.39 is 10.0 Å². The van der Waals surface area contributed by atoms with Gasteiger partial charge in [0.25, 0.3) is 0 Å². The lowest BCUT2D eigenvalue weighted by molar-refractivity contribution is 0.319. The summed E-state index contributed by atoms with van der Waals surface area (Å²) in [5, 5.41) is 1.18. The van der Waals surface area contributed by atoms with Crippen LogP contribution in [0, 0.1) is 0 Å². The average molecular weight is 459 g/mol. The monoisotopic (exact) mass is 458 g/mol. The summed E-state index contributed by atoms with van der Waals surface area (Å²) in [5.74, 6) is 0.829. The summed E-state index contributed by atoms with van der Waals surface area (Å²) < 4.78 is 39.2. The van der Waals surface area contributed by atoms with Gasteiger partial charge < -0.3 is 14.4 Å². The maximum Gasteiger partial charge on any atom is 0.247 e. The number of halogens is 2. The Morgan fingerprint density at radius 3 is 2.28 bits per heavy atom. The van der Waals surface area contributed by atoms with E-state index in [9.17, 15) is 8.42 Å². The Labute approximate surface area is 182 Å². The Morgan fingerprint density at radius 1 is 0.931 bits per heavy atom. The highest BCUT2D eigenvalue weighted by atomic mass is 35.5. The van der Waals surface area contributed by atoms with Crippen LogP contribution in [-0.2, 0) is 10.0 Å². The summed E-state index contributed by atoms with van der Waals surface area (Å²) in [6, 6.07) is 10.2. The minimum absolute atomic E-state index is 0.125. The zero-order valence-corrected chi connectivity index (χ0v) is 18.7. The van der Waals surface area contributed by atoms with Gasteiger partial charge in [-0.3, -0.25) is 0 Å². The first-order chi connectivity index (χ1) is 13.9. The summed E-state index contributed by atoms with van der Waals surface area (Å²) in [6.07, 6.45) is 0. The summed E-state index contributed by atoms with van der Waals surface area (Å²) in [6.45, 7) is 6.17. The fourth-order valence-corrected chi connectivity index (χ4v) is 5.23. The highest BCUT2D eigenvalue weighted by Gasteiger charge is 2.32. The van der Waals surface area contributed by atoms with Gasteiger partial charge in [0.05, 0.1) is 23.9 Å². The van der Waals surface area contributed by atoms with E-state index in [2.05, 4.69) is 0 Å². The molecule has 0 atom stereocenters. The van der Waals surface area contributed by atoms with Crippen molar-refractivity contribution in [3.05, 3.63) is 46.4 Å². The SMILES string of the molecule is CCOc1ccc(OCC)c(S(=O)(=O)N2CCN(c3cc(Cl)ccc3Cl)CC2)c1. The van der Waals surface area contributed by atoms with Gasteiger partial charge in [-0.25, -0.2) is 8.42 Å². The first-order valence-electron chi connectivity index (χ1n) is 9.46. The van der Waals surface area contributed by atoms with E-state index in [4.69, 9.17) is 32.7 Å². The number of piperazine rings is 1. The van der Waals surface area contributed by atoms with Gasteiger partial charge in [0.2, 0.25) is 10.0 Å². The smallest absolute Gasteiger partial charge is 0.247 e. The Hall–Kier alpha value is -1.67. The van der Waals surface area contributed by atoms with E-state index in [0.717, 1.165) is 5.69 Å². The first-order valence-corrected chi connectivity index (χ1v) is 11.7. The van der Waals surface area contributed by atoms with Gasteiger partial charge in [0.1, 0.15) is 16.4 Å². The van der Waals surface area contributed by atoms with Crippen LogP contribution >= 0.6 is 23.2 Å². The fourth-order valence-electron chi connectivity index (χ4n) is 3.26. The van der Waals surface area contributed by atoms with Crippen LogP contribution in [0.2, 0.25) is 10.0 Å². The number of rotatable bonds is 7. The van der Waals surface area contributed by atoms with Crippen LogP contribution in [-0.4, -0.2) is 52.1 Å². The van der Waals surface area contributed by atoms with Crippen molar-refractivity contribution in [2.24, 2.45) is 0 Å². The van der Waals surface area contributed by atoms with Crippen molar-refractivity contribution in [1.82, 2.24) is 4.31 Å². The van der Waals surface area contributed by atoms with Crippen LogP contribution in [0.3, 0.4) is 0 Å². The van der Waals surface area contributed by atoms with Crippen LogP contribution in [0.4, 0.5) is 5.69 Å². The second kappa shape index (κ2) is 9.43. The topological polar surface area (TPSA) is 59.1 Å². The van der Waals surface area contributed by atoms with Crippen molar-refractivity contribution >= 4 is 38.9 Å². The fraction of sp³-hybridized carbons (Fsp3) is 0.400. The molecular weight excluding hydrogens is 435 g/mol. The van der Waals surface area contributed by atoms with Gasteiger partial charge in [0, 0.05) is 37.3 Å². The minimum atomic E-state index is -3.74. The lowest BCUT2D eigenvalue weighted by Gasteiger charge is -2.36. The molecule has 158 valence electrons. The molecule has 1 aliphatic rings. The molecule has 6 nitrogen and oxygen atoms in total. The number of ether oxygens (including phenoxy) is 2. The van der Waals surface area contributed by atoms with Crippen LogP contribution < -0.4 is 14.4 Å². The number of hydrogen-bond donors (Lipinski definition) is 0. The molecule has 0 spiro atoms. The van der Waals surface area contributed by atoms with Crippen LogP contribution in [0.25, 0.3) is 0 Å². The number of anilines is 1. The third-order valence-corrected chi connectivity index (χ3v) is 7.11. The summed E-state index contributed by atoms with van der Waals surface area (Å²) >= 11 is 12.4. The molecule has 1 aliphatic heterocycles. The normalized spacial score (nSPS) is 15.4. The standard InChI is InChI=1S/C20H24Cl2N2O4S/c1-3-27-16-6-8-19(28-4-2)20(14-16)29(25,26)24-11-9-23(10-12-24)18-13-15(21)5-7-17(18)22/h5-8,13-14H,3-4,9-12H2,1-2H3. The quantitative estimate of drug-likeness (QED) is 0.618. The van der Waals surface area contributed by atoms with Crippen LogP contribution in [0.1, 0.15) is 13.8 Å². The molecule has 0 radical (unpaired) electrons. The third-order valence-electron chi connectivity index (χ3n) is 4.63. The van der Waals surface area contributed by atoms with Crippen molar-refractivity contribution in [3.63, 3.8) is 0 Å². The highest BCUT2D eigenvalue weighted by molar-refractivity contribution is 7.89. The molecule has 1 heterocycles. The molecule has 0 N–H and O–H groups in total. The maximum atomic E-state index is 13.3.